The third-order valence-electron chi connectivity index (χ3n) is 11.0. The van der Waals surface area contributed by atoms with E-state index in [9.17, 15) is 0 Å². The summed E-state index contributed by atoms with van der Waals surface area (Å²) in [6.45, 7) is 16.5. The van der Waals surface area contributed by atoms with Gasteiger partial charge >= 0.3 is 0 Å². The summed E-state index contributed by atoms with van der Waals surface area (Å²) in [6.07, 6.45) is 16.3. The summed E-state index contributed by atoms with van der Waals surface area (Å²) < 4.78 is 6.33. The van der Waals surface area contributed by atoms with Gasteiger partial charge in [0.15, 0.2) is 0 Å². The fourth-order valence-electron chi connectivity index (χ4n) is 9.13. The molecule has 0 bridgehead atoms. The van der Waals surface area contributed by atoms with Gasteiger partial charge in [-0.3, -0.25) is 0 Å². The quantitative estimate of drug-likeness (QED) is 0.465. The van der Waals surface area contributed by atoms with E-state index in [-0.39, 0.29) is 0 Å². The van der Waals surface area contributed by atoms with Crippen molar-refractivity contribution >= 4 is 0 Å². The molecule has 1 saturated heterocycles. The molecule has 162 valence electrons. The second kappa shape index (κ2) is 7.58. The fourth-order valence-corrected chi connectivity index (χ4v) is 9.13. The number of fused-ring (bicyclic) bond motifs is 5. The van der Waals surface area contributed by atoms with Crippen molar-refractivity contribution < 1.29 is 4.74 Å². The van der Waals surface area contributed by atoms with Crippen LogP contribution in [0.1, 0.15) is 112 Å². The molecule has 0 spiro atoms. The van der Waals surface area contributed by atoms with E-state index >= 15 is 0 Å². The average molecular weight is 389 g/mol. The molecule has 0 aromatic carbocycles. The van der Waals surface area contributed by atoms with Crippen LogP contribution in [0.15, 0.2) is 0 Å². The van der Waals surface area contributed by atoms with Crippen LogP contribution in [0, 0.1) is 45.8 Å². The SMILES string of the molecule is CC(C)CCC[C@@H](C)[C@H]1CC[C@@]2(C)[C@@H]3CC[C@@H]4OCCC[C@]4(C)[C@H]3CC[C@]12C. The number of hydrogen-bond acceptors (Lipinski definition) is 1. The first-order valence-corrected chi connectivity index (χ1v) is 12.8. The van der Waals surface area contributed by atoms with E-state index in [1.54, 1.807) is 0 Å². The van der Waals surface area contributed by atoms with Crippen LogP contribution in [0.5, 0.6) is 0 Å². The van der Waals surface area contributed by atoms with Gasteiger partial charge in [-0.1, -0.05) is 60.8 Å². The highest BCUT2D eigenvalue weighted by Crippen LogP contribution is 2.72. The topological polar surface area (TPSA) is 9.23 Å². The zero-order valence-electron chi connectivity index (χ0n) is 19.9. The molecule has 0 aromatic heterocycles. The molecule has 28 heavy (non-hydrogen) atoms. The standard InChI is InChI=1S/C27H48O/c1-19(2)9-7-10-20(3)21-13-16-27(6)23-11-12-24-25(4,15-8-18-28-24)22(23)14-17-26(21,27)5/h19-24H,7-18H2,1-6H3/t20-,21-,22+,23-,24+,25-,26-,27+/m1/s1. The molecule has 4 aliphatic rings. The van der Waals surface area contributed by atoms with Crippen LogP contribution in [0.25, 0.3) is 0 Å². The van der Waals surface area contributed by atoms with Crippen molar-refractivity contribution in [1.82, 2.24) is 0 Å². The number of hydrogen-bond donors (Lipinski definition) is 0. The molecule has 3 aliphatic carbocycles. The Morgan fingerprint density at radius 1 is 0.821 bits per heavy atom. The Balaban J connectivity index is 1.52. The average Bonchev–Trinajstić information content (AvgIpc) is 2.92. The van der Waals surface area contributed by atoms with Crippen molar-refractivity contribution in [3.63, 3.8) is 0 Å². The van der Waals surface area contributed by atoms with Crippen LogP contribution in [-0.2, 0) is 4.74 Å². The summed E-state index contributed by atoms with van der Waals surface area (Å²) in [5, 5.41) is 0. The Kier molecular flexibility index (Phi) is 5.74. The first-order valence-electron chi connectivity index (χ1n) is 12.8. The summed E-state index contributed by atoms with van der Waals surface area (Å²) in [7, 11) is 0. The zero-order chi connectivity index (χ0) is 20.2. The van der Waals surface area contributed by atoms with Gasteiger partial charge < -0.3 is 4.74 Å². The smallest absolute Gasteiger partial charge is 0.0631 e. The van der Waals surface area contributed by atoms with Crippen LogP contribution < -0.4 is 0 Å². The molecule has 0 aromatic rings. The molecular formula is C27H48O. The summed E-state index contributed by atoms with van der Waals surface area (Å²) in [6, 6.07) is 0. The Morgan fingerprint density at radius 3 is 2.32 bits per heavy atom. The lowest BCUT2D eigenvalue weighted by molar-refractivity contribution is -0.198. The monoisotopic (exact) mass is 388 g/mol. The lowest BCUT2D eigenvalue weighted by Gasteiger charge is -2.64. The minimum atomic E-state index is 0.465. The van der Waals surface area contributed by atoms with E-state index in [1.807, 2.05) is 0 Å². The zero-order valence-corrected chi connectivity index (χ0v) is 19.9. The lowest BCUT2D eigenvalue weighted by atomic mass is 9.42. The second-order valence-electron chi connectivity index (χ2n) is 12.6. The molecule has 0 N–H and O–H groups in total. The molecule has 8 atom stereocenters. The molecule has 3 saturated carbocycles. The third-order valence-corrected chi connectivity index (χ3v) is 11.0. The molecule has 0 radical (unpaired) electrons. The minimum Gasteiger partial charge on any atom is -0.378 e. The largest absolute Gasteiger partial charge is 0.378 e. The van der Waals surface area contributed by atoms with Gasteiger partial charge in [-0.25, -0.2) is 0 Å². The van der Waals surface area contributed by atoms with Crippen molar-refractivity contribution in [2.45, 2.75) is 118 Å². The summed E-state index contributed by atoms with van der Waals surface area (Å²) in [5.41, 5.74) is 1.61. The Labute approximate surface area is 175 Å². The molecule has 1 aliphatic heterocycles. The molecule has 0 amide bonds. The highest BCUT2D eigenvalue weighted by molar-refractivity contribution is 5.14. The molecular weight excluding hydrogens is 340 g/mol. The Bertz CT molecular complexity index is 554. The van der Waals surface area contributed by atoms with E-state index in [4.69, 9.17) is 4.74 Å². The van der Waals surface area contributed by atoms with Crippen molar-refractivity contribution in [2.24, 2.45) is 45.8 Å². The van der Waals surface area contributed by atoms with Crippen molar-refractivity contribution in [2.75, 3.05) is 6.61 Å². The van der Waals surface area contributed by atoms with Crippen LogP contribution >= 0.6 is 0 Å². The van der Waals surface area contributed by atoms with Gasteiger partial charge in [0.2, 0.25) is 0 Å². The predicted octanol–water partition coefficient (Wildman–Crippen LogP) is 7.88. The minimum absolute atomic E-state index is 0.465. The van der Waals surface area contributed by atoms with Crippen molar-refractivity contribution in [3.8, 4) is 0 Å². The molecule has 4 rings (SSSR count). The predicted molar refractivity (Wildman–Crippen MR) is 119 cm³/mol. The first kappa shape index (κ1) is 21.2. The highest BCUT2D eigenvalue weighted by atomic mass is 16.5. The van der Waals surface area contributed by atoms with E-state index in [0.717, 1.165) is 36.2 Å². The second-order valence-corrected chi connectivity index (χ2v) is 12.6. The molecule has 1 nitrogen and oxygen atoms in total. The van der Waals surface area contributed by atoms with E-state index in [0.29, 0.717) is 22.3 Å². The first-order chi connectivity index (χ1) is 13.2. The Hall–Kier alpha value is -0.0400. The van der Waals surface area contributed by atoms with E-state index < -0.39 is 0 Å². The molecule has 4 fully saturated rings. The van der Waals surface area contributed by atoms with Crippen LogP contribution in [-0.4, -0.2) is 12.7 Å². The van der Waals surface area contributed by atoms with Gasteiger partial charge in [-0.15, -0.1) is 0 Å². The normalized spacial score (nSPS) is 49.4. The molecule has 0 unspecified atom stereocenters. The Morgan fingerprint density at radius 2 is 1.57 bits per heavy atom. The number of ether oxygens (including phenoxy) is 1. The maximum Gasteiger partial charge on any atom is 0.0631 e. The third kappa shape index (κ3) is 3.12. The van der Waals surface area contributed by atoms with E-state index in [1.165, 1.54) is 70.6 Å². The summed E-state index contributed by atoms with van der Waals surface area (Å²) in [4.78, 5) is 0. The van der Waals surface area contributed by atoms with Gasteiger partial charge in [-0.2, -0.15) is 0 Å². The molecule has 1 heteroatoms. The summed E-state index contributed by atoms with van der Waals surface area (Å²) in [5.74, 6) is 4.59. The van der Waals surface area contributed by atoms with Crippen molar-refractivity contribution in [1.29, 1.82) is 0 Å². The highest BCUT2D eigenvalue weighted by Gasteiger charge is 2.65. The van der Waals surface area contributed by atoms with Gasteiger partial charge in [0.1, 0.15) is 0 Å². The maximum absolute atomic E-state index is 6.33. The van der Waals surface area contributed by atoms with Crippen LogP contribution in [0.3, 0.4) is 0 Å². The summed E-state index contributed by atoms with van der Waals surface area (Å²) >= 11 is 0. The van der Waals surface area contributed by atoms with Gasteiger partial charge in [0, 0.05) is 6.61 Å². The van der Waals surface area contributed by atoms with Gasteiger partial charge in [0.25, 0.3) is 0 Å². The number of rotatable bonds is 5. The van der Waals surface area contributed by atoms with Crippen molar-refractivity contribution in [3.05, 3.63) is 0 Å². The van der Waals surface area contributed by atoms with Crippen LogP contribution in [0.4, 0.5) is 0 Å². The fraction of sp³-hybridized carbons (Fsp3) is 1.00. The van der Waals surface area contributed by atoms with Gasteiger partial charge in [0.05, 0.1) is 6.10 Å². The van der Waals surface area contributed by atoms with E-state index in [2.05, 4.69) is 41.5 Å². The maximum atomic E-state index is 6.33. The molecule has 1 heterocycles. The lowest BCUT2D eigenvalue weighted by Crippen LogP contribution is -2.59. The van der Waals surface area contributed by atoms with Crippen LogP contribution in [0.2, 0.25) is 0 Å². The van der Waals surface area contributed by atoms with Gasteiger partial charge in [-0.05, 0) is 97.2 Å².